The van der Waals surface area contributed by atoms with Crippen LogP contribution in [-0.2, 0) is 6.61 Å². The number of hydrogen-bond donors (Lipinski definition) is 3. The largest absolute Gasteiger partial charge is 0.471 e. The summed E-state index contributed by atoms with van der Waals surface area (Å²) < 4.78 is 5.68. The van der Waals surface area contributed by atoms with Crippen molar-refractivity contribution in [2.45, 2.75) is 12.9 Å². The molecule has 114 valence electrons. The van der Waals surface area contributed by atoms with E-state index in [-0.39, 0.29) is 18.6 Å². The van der Waals surface area contributed by atoms with E-state index < -0.39 is 4.92 Å². The number of aromatic nitrogens is 2. The van der Waals surface area contributed by atoms with Crippen LogP contribution < -0.4 is 20.7 Å². The van der Waals surface area contributed by atoms with E-state index in [0.29, 0.717) is 17.4 Å². The van der Waals surface area contributed by atoms with E-state index in [0.717, 1.165) is 5.56 Å². The molecule has 9 nitrogen and oxygen atoms in total. The van der Waals surface area contributed by atoms with Gasteiger partial charge in [-0.1, -0.05) is 0 Å². The number of rotatable bonds is 5. The molecule has 0 radical (unpaired) electrons. The molecule has 3 N–H and O–H groups in total. The van der Waals surface area contributed by atoms with E-state index in [9.17, 15) is 10.1 Å². The van der Waals surface area contributed by atoms with Crippen molar-refractivity contribution in [2.75, 3.05) is 17.7 Å². The minimum Gasteiger partial charge on any atom is -0.471 e. The summed E-state index contributed by atoms with van der Waals surface area (Å²) in [5.41, 5.74) is 1.55. The topological polar surface area (TPSA) is 114 Å². The highest BCUT2D eigenvalue weighted by molar-refractivity contribution is 5.74. The second-order valence-electron chi connectivity index (χ2n) is 4.63. The number of nitro benzene ring substituents is 1. The van der Waals surface area contributed by atoms with Crippen molar-refractivity contribution in [1.82, 2.24) is 15.3 Å². The van der Waals surface area contributed by atoms with E-state index in [1.807, 2.05) is 0 Å². The molecule has 1 aliphatic rings. The second-order valence-corrected chi connectivity index (χ2v) is 4.63. The van der Waals surface area contributed by atoms with Gasteiger partial charge in [-0.15, -0.1) is 0 Å². The van der Waals surface area contributed by atoms with Gasteiger partial charge in [0.1, 0.15) is 18.6 Å². The number of non-ortho nitro benzene ring substituents is 1. The van der Waals surface area contributed by atoms with Gasteiger partial charge in [-0.05, 0) is 24.7 Å². The molecule has 9 heteroatoms. The zero-order chi connectivity index (χ0) is 15.5. The van der Waals surface area contributed by atoms with Crippen LogP contribution in [0.4, 0.5) is 17.2 Å². The van der Waals surface area contributed by atoms with Crippen molar-refractivity contribution in [2.24, 2.45) is 0 Å². The summed E-state index contributed by atoms with van der Waals surface area (Å²) in [5, 5.41) is 19.9. The summed E-state index contributed by atoms with van der Waals surface area (Å²) in [6, 6.07) is 6.20. The van der Waals surface area contributed by atoms with Crippen LogP contribution in [-0.4, -0.2) is 28.2 Å². The molecular weight excluding hydrogens is 288 g/mol. The van der Waals surface area contributed by atoms with Crippen LogP contribution in [0.15, 0.2) is 30.6 Å². The number of benzene rings is 1. The molecule has 1 aromatic heterocycles. The fourth-order valence-electron chi connectivity index (χ4n) is 2.05. The average molecular weight is 302 g/mol. The Morgan fingerprint density at radius 3 is 2.77 bits per heavy atom. The highest BCUT2D eigenvalue weighted by Crippen LogP contribution is 2.33. The molecule has 3 rings (SSSR count). The third kappa shape index (κ3) is 2.74. The first-order valence-corrected chi connectivity index (χ1v) is 6.59. The molecular formula is C13H14N6O3. The summed E-state index contributed by atoms with van der Waals surface area (Å²) in [5.74, 6) is 1.08. The molecule has 2 heterocycles. The van der Waals surface area contributed by atoms with Gasteiger partial charge in [0, 0.05) is 12.1 Å². The number of anilines is 2. The monoisotopic (exact) mass is 302 g/mol. The lowest BCUT2D eigenvalue weighted by Crippen LogP contribution is -2.36. The molecule has 2 aromatic rings. The SMILES string of the molecule is CNC1Nc2ncnc(OCc3ccc([N+](=O)[O-])cc3)c2N1. The molecule has 0 aliphatic carbocycles. The first kappa shape index (κ1) is 14.0. The zero-order valence-electron chi connectivity index (χ0n) is 11.7. The lowest BCUT2D eigenvalue weighted by atomic mass is 10.2. The van der Waals surface area contributed by atoms with Crippen molar-refractivity contribution >= 4 is 17.2 Å². The van der Waals surface area contributed by atoms with Crippen molar-refractivity contribution in [3.05, 3.63) is 46.3 Å². The Morgan fingerprint density at radius 1 is 1.32 bits per heavy atom. The Morgan fingerprint density at radius 2 is 2.09 bits per heavy atom. The number of hydrogen-bond acceptors (Lipinski definition) is 8. The number of nitrogens with zero attached hydrogens (tertiary/aromatic N) is 3. The van der Waals surface area contributed by atoms with Gasteiger partial charge in [0.15, 0.2) is 12.1 Å². The maximum Gasteiger partial charge on any atom is 0.269 e. The van der Waals surface area contributed by atoms with Gasteiger partial charge in [0.25, 0.3) is 5.69 Å². The molecule has 1 aliphatic heterocycles. The molecule has 0 bridgehead atoms. The van der Waals surface area contributed by atoms with Gasteiger partial charge in [-0.2, -0.15) is 4.98 Å². The van der Waals surface area contributed by atoms with E-state index in [1.54, 1.807) is 19.2 Å². The molecule has 1 atom stereocenters. The van der Waals surface area contributed by atoms with Crippen molar-refractivity contribution in [3.8, 4) is 5.88 Å². The first-order chi connectivity index (χ1) is 10.7. The van der Waals surface area contributed by atoms with Crippen LogP contribution in [0.5, 0.6) is 5.88 Å². The van der Waals surface area contributed by atoms with E-state index in [4.69, 9.17) is 4.74 Å². The quantitative estimate of drug-likeness (QED) is 0.559. The molecule has 22 heavy (non-hydrogen) atoms. The predicted octanol–water partition coefficient (Wildman–Crippen LogP) is 1.30. The fraction of sp³-hybridized carbons (Fsp3) is 0.231. The van der Waals surface area contributed by atoms with Crippen LogP contribution in [0.3, 0.4) is 0 Å². The van der Waals surface area contributed by atoms with Gasteiger partial charge in [-0.3, -0.25) is 15.4 Å². The molecule has 0 saturated heterocycles. The Labute approximate surface area is 125 Å². The molecule has 1 aromatic carbocycles. The normalized spacial score (nSPS) is 15.6. The van der Waals surface area contributed by atoms with E-state index >= 15 is 0 Å². The zero-order valence-corrected chi connectivity index (χ0v) is 11.7. The molecule has 0 spiro atoms. The van der Waals surface area contributed by atoms with Crippen molar-refractivity contribution in [1.29, 1.82) is 0 Å². The van der Waals surface area contributed by atoms with Gasteiger partial charge in [-0.25, -0.2) is 4.98 Å². The maximum atomic E-state index is 10.6. The predicted molar refractivity (Wildman–Crippen MR) is 79.6 cm³/mol. The third-order valence-corrected chi connectivity index (χ3v) is 3.19. The van der Waals surface area contributed by atoms with Crippen LogP contribution >= 0.6 is 0 Å². The molecule has 1 unspecified atom stereocenters. The number of nitro groups is 1. The standard InChI is InChI=1S/C13H14N6O3/c1-14-13-17-10-11(18-13)15-7-16-12(10)22-6-8-2-4-9(5-3-8)19(20)21/h2-5,7,13-14,17H,6H2,1H3,(H,15,16,18). The smallest absolute Gasteiger partial charge is 0.269 e. The Hall–Kier alpha value is -2.94. The molecule has 0 fully saturated rings. The van der Waals surface area contributed by atoms with Crippen LogP contribution in [0.1, 0.15) is 5.56 Å². The van der Waals surface area contributed by atoms with Crippen LogP contribution in [0, 0.1) is 10.1 Å². The van der Waals surface area contributed by atoms with Crippen molar-refractivity contribution in [3.63, 3.8) is 0 Å². The summed E-state index contributed by atoms with van der Waals surface area (Å²) in [7, 11) is 1.81. The van der Waals surface area contributed by atoms with E-state index in [1.165, 1.54) is 18.5 Å². The van der Waals surface area contributed by atoms with Gasteiger partial charge in [0.2, 0.25) is 5.88 Å². The van der Waals surface area contributed by atoms with Gasteiger partial charge >= 0.3 is 0 Å². The number of nitrogens with one attached hydrogen (secondary N) is 3. The summed E-state index contributed by atoms with van der Waals surface area (Å²) in [6.07, 6.45) is 1.28. The maximum absolute atomic E-state index is 10.6. The second kappa shape index (κ2) is 5.82. The minimum absolute atomic E-state index is 0.0504. The molecule has 0 saturated carbocycles. The lowest BCUT2D eigenvalue weighted by molar-refractivity contribution is -0.384. The Kier molecular flexibility index (Phi) is 3.71. The lowest BCUT2D eigenvalue weighted by Gasteiger charge is -2.10. The van der Waals surface area contributed by atoms with E-state index in [2.05, 4.69) is 25.9 Å². The Balaban J connectivity index is 1.70. The summed E-state index contributed by atoms with van der Waals surface area (Å²) in [4.78, 5) is 18.4. The average Bonchev–Trinajstić information content (AvgIpc) is 2.97. The minimum atomic E-state index is -0.435. The van der Waals surface area contributed by atoms with Gasteiger partial charge < -0.3 is 15.4 Å². The molecule has 0 amide bonds. The van der Waals surface area contributed by atoms with Crippen LogP contribution in [0.25, 0.3) is 0 Å². The number of ether oxygens (including phenoxy) is 1. The summed E-state index contributed by atoms with van der Waals surface area (Å²) in [6.45, 7) is 0.257. The van der Waals surface area contributed by atoms with Crippen LogP contribution in [0.2, 0.25) is 0 Å². The number of fused-ring (bicyclic) bond motifs is 1. The fourth-order valence-corrected chi connectivity index (χ4v) is 2.05. The van der Waals surface area contributed by atoms with Gasteiger partial charge in [0.05, 0.1) is 4.92 Å². The third-order valence-electron chi connectivity index (χ3n) is 3.19. The highest BCUT2D eigenvalue weighted by Gasteiger charge is 2.23. The highest BCUT2D eigenvalue weighted by atomic mass is 16.6. The summed E-state index contributed by atoms with van der Waals surface area (Å²) >= 11 is 0. The Bertz CT molecular complexity index is 691. The first-order valence-electron chi connectivity index (χ1n) is 6.59. The van der Waals surface area contributed by atoms with Crippen molar-refractivity contribution < 1.29 is 9.66 Å².